The normalized spacial score (nSPS) is 16.7. The maximum Gasteiger partial charge on any atom is 0.321 e. The van der Waals surface area contributed by atoms with Crippen LogP contribution < -0.4 is 5.32 Å². The summed E-state index contributed by atoms with van der Waals surface area (Å²) in [6.45, 7) is 2.80. The van der Waals surface area contributed by atoms with E-state index in [1.807, 2.05) is 11.6 Å². The zero-order chi connectivity index (χ0) is 18.0. The zero-order valence-electron chi connectivity index (χ0n) is 14.4. The molecule has 134 valence electrons. The number of carbonyl (C=O) groups excluding carboxylic acids is 1. The summed E-state index contributed by atoms with van der Waals surface area (Å²) >= 11 is 0. The van der Waals surface area contributed by atoms with Crippen molar-refractivity contribution in [1.82, 2.24) is 14.5 Å². The predicted octanol–water partition coefficient (Wildman–Crippen LogP) is 2.85. The number of urea groups is 1. The molecule has 1 aliphatic rings. The van der Waals surface area contributed by atoms with Gasteiger partial charge < -0.3 is 19.9 Å². The lowest BCUT2D eigenvalue weighted by Crippen LogP contribution is -2.42. The first-order chi connectivity index (χ1) is 12.0. The van der Waals surface area contributed by atoms with Gasteiger partial charge in [0.25, 0.3) is 0 Å². The summed E-state index contributed by atoms with van der Waals surface area (Å²) in [5, 5.41) is 13.2. The Balaban J connectivity index is 1.59. The third kappa shape index (κ3) is 3.66. The average molecular weight is 346 g/mol. The molecule has 2 N–H and O–H groups in total. The number of para-hydroxylation sites is 1. The number of benzene rings is 1. The summed E-state index contributed by atoms with van der Waals surface area (Å²) in [6, 6.07) is 4.40. The SMILES string of the molecule is Cc1cccc(F)c1NC(=O)N1CCC(C(O)c2nccn2C)CC1. The van der Waals surface area contributed by atoms with Crippen LogP contribution in [0, 0.1) is 18.7 Å². The molecule has 0 bridgehead atoms. The van der Waals surface area contributed by atoms with Crippen LogP contribution in [0.4, 0.5) is 14.9 Å². The molecule has 2 aromatic rings. The minimum Gasteiger partial charge on any atom is -0.385 e. The standard InChI is InChI=1S/C18H23FN4O2/c1-12-4-3-5-14(19)15(12)21-18(25)23-9-6-13(7-10-23)16(24)17-20-8-11-22(17)2/h3-5,8,11,13,16,24H,6-7,9-10H2,1-2H3,(H,21,25). The van der Waals surface area contributed by atoms with Gasteiger partial charge in [-0.1, -0.05) is 12.1 Å². The molecule has 1 unspecified atom stereocenters. The highest BCUT2D eigenvalue weighted by atomic mass is 19.1. The second-order valence-corrected chi connectivity index (χ2v) is 6.53. The van der Waals surface area contributed by atoms with Crippen LogP contribution >= 0.6 is 0 Å². The lowest BCUT2D eigenvalue weighted by Gasteiger charge is -2.34. The van der Waals surface area contributed by atoms with Crippen molar-refractivity contribution in [2.45, 2.75) is 25.9 Å². The van der Waals surface area contributed by atoms with E-state index in [9.17, 15) is 14.3 Å². The molecule has 7 heteroatoms. The summed E-state index contributed by atoms with van der Waals surface area (Å²) in [5.74, 6) is 0.263. The van der Waals surface area contributed by atoms with E-state index in [4.69, 9.17) is 0 Å². The Hall–Kier alpha value is -2.41. The second-order valence-electron chi connectivity index (χ2n) is 6.53. The molecule has 25 heavy (non-hydrogen) atoms. The van der Waals surface area contributed by atoms with Gasteiger partial charge in [-0.3, -0.25) is 0 Å². The van der Waals surface area contributed by atoms with E-state index < -0.39 is 11.9 Å². The van der Waals surface area contributed by atoms with Gasteiger partial charge in [0.15, 0.2) is 0 Å². The highest BCUT2D eigenvalue weighted by Crippen LogP contribution is 2.30. The molecule has 0 spiro atoms. The molecule has 1 fully saturated rings. The number of nitrogens with zero attached hydrogens (tertiary/aromatic N) is 3. The second kappa shape index (κ2) is 7.23. The quantitative estimate of drug-likeness (QED) is 0.898. The van der Waals surface area contributed by atoms with Crippen molar-refractivity contribution in [3.8, 4) is 0 Å². The van der Waals surface area contributed by atoms with Crippen molar-refractivity contribution in [2.75, 3.05) is 18.4 Å². The summed E-state index contributed by atoms with van der Waals surface area (Å²) in [4.78, 5) is 18.3. The Bertz CT molecular complexity index is 733. The molecule has 0 saturated carbocycles. The van der Waals surface area contributed by atoms with Gasteiger partial charge >= 0.3 is 6.03 Å². The molecule has 1 aromatic carbocycles. The number of rotatable bonds is 3. The number of hydrogen-bond acceptors (Lipinski definition) is 3. The first kappa shape index (κ1) is 17.4. The third-order valence-corrected chi connectivity index (χ3v) is 4.85. The summed E-state index contributed by atoms with van der Waals surface area (Å²) in [6.07, 6.45) is 4.18. The van der Waals surface area contributed by atoms with Gasteiger partial charge in [0.1, 0.15) is 17.7 Å². The number of aliphatic hydroxyl groups excluding tert-OH is 1. The number of carbonyl (C=O) groups is 1. The molecule has 6 nitrogen and oxygen atoms in total. The van der Waals surface area contributed by atoms with Gasteiger partial charge in [-0.05, 0) is 37.3 Å². The fraction of sp³-hybridized carbons (Fsp3) is 0.444. The smallest absolute Gasteiger partial charge is 0.321 e. The fourth-order valence-corrected chi connectivity index (χ4v) is 3.27. The molecule has 3 rings (SSSR count). The Morgan fingerprint density at radius 1 is 1.40 bits per heavy atom. The van der Waals surface area contributed by atoms with Crippen LogP contribution in [0.25, 0.3) is 0 Å². The molecule has 1 aromatic heterocycles. The first-order valence-corrected chi connectivity index (χ1v) is 8.43. The lowest BCUT2D eigenvalue weighted by molar-refractivity contribution is 0.0599. The zero-order valence-corrected chi connectivity index (χ0v) is 14.4. The van der Waals surface area contributed by atoms with Crippen LogP contribution in [-0.2, 0) is 7.05 Å². The van der Waals surface area contributed by atoms with Crippen LogP contribution in [0.1, 0.15) is 30.3 Å². The van der Waals surface area contributed by atoms with E-state index in [2.05, 4.69) is 10.3 Å². The van der Waals surface area contributed by atoms with Crippen LogP contribution in [-0.4, -0.2) is 38.7 Å². The topological polar surface area (TPSA) is 70.4 Å². The molecular formula is C18H23FN4O2. The van der Waals surface area contributed by atoms with Crippen molar-refractivity contribution < 1.29 is 14.3 Å². The Morgan fingerprint density at radius 2 is 2.12 bits per heavy atom. The van der Waals surface area contributed by atoms with Crippen LogP contribution in [0.3, 0.4) is 0 Å². The van der Waals surface area contributed by atoms with Gasteiger partial charge in [0.05, 0.1) is 5.69 Å². The van der Waals surface area contributed by atoms with Gasteiger partial charge in [-0.2, -0.15) is 0 Å². The van der Waals surface area contributed by atoms with E-state index >= 15 is 0 Å². The predicted molar refractivity (Wildman–Crippen MR) is 92.6 cm³/mol. The van der Waals surface area contributed by atoms with Crippen molar-refractivity contribution in [2.24, 2.45) is 13.0 Å². The number of aliphatic hydroxyl groups is 1. The minimum atomic E-state index is -0.640. The summed E-state index contributed by atoms with van der Waals surface area (Å²) < 4.78 is 15.7. The number of nitrogens with one attached hydrogen (secondary N) is 1. The van der Waals surface area contributed by atoms with Crippen LogP contribution in [0.2, 0.25) is 0 Å². The molecule has 0 radical (unpaired) electrons. The molecule has 2 amide bonds. The van der Waals surface area contributed by atoms with Gasteiger partial charge in [0.2, 0.25) is 0 Å². The largest absolute Gasteiger partial charge is 0.385 e. The van der Waals surface area contributed by atoms with Gasteiger partial charge in [-0.15, -0.1) is 0 Å². The number of imidazole rings is 1. The number of hydrogen-bond donors (Lipinski definition) is 2. The molecule has 1 saturated heterocycles. The van der Waals surface area contributed by atoms with E-state index in [1.165, 1.54) is 6.07 Å². The van der Waals surface area contributed by atoms with Crippen LogP contribution in [0.15, 0.2) is 30.6 Å². The number of aromatic nitrogens is 2. The van der Waals surface area contributed by atoms with Crippen molar-refractivity contribution in [1.29, 1.82) is 0 Å². The van der Waals surface area contributed by atoms with Gasteiger partial charge in [-0.25, -0.2) is 14.2 Å². The van der Waals surface area contributed by atoms with E-state index in [0.717, 1.165) is 0 Å². The Labute approximate surface area is 146 Å². The molecular weight excluding hydrogens is 323 g/mol. The number of piperidine rings is 1. The monoisotopic (exact) mass is 346 g/mol. The Kier molecular flexibility index (Phi) is 5.03. The number of aryl methyl sites for hydroxylation is 2. The van der Waals surface area contributed by atoms with E-state index in [0.29, 0.717) is 37.3 Å². The third-order valence-electron chi connectivity index (χ3n) is 4.85. The highest BCUT2D eigenvalue weighted by Gasteiger charge is 2.30. The minimum absolute atomic E-state index is 0.0559. The molecule has 1 atom stereocenters. The maximum atomic E-state index is 13.9. The fourth-order valence-electron chi connectivity index (χ4n) is 3.27. The van der Waals surface area contributed by atoms with E-state index in [-0.39, 0.29) is 17.6 Å². The number of likely N-dealkylation sites (tertiary alicyclic amines) is 1. The number of anilines is 1. The van der Waals surface area contributed by atoms with Crippen molar-refractivity contribution in [3.63, 3.8) is 0 Å². The van der Waals surface area contributed by atoms with Gasteiger partial charge in [0, 0.05) is 32.5 Å². The van der Waals surface area contributed by atoms with Crippen LogP contribution in [0.5, 0.6) is 0 Å². The first-order valence-electron chi connectivity index (χ1n) is 8.43. The maximum absolute atomic E-state index is 13.9. The summed E-state index contributed by atoms with van der Waals surface area (Å²) in [5.41, 5.74) is 0.913. The number of amides is 2. The van der Waals surface area contributed by atoms with E-state index in [1.54, 1.807) is 36.4 Å². The highest BCUT2D eigenvalue weighted by molar-refractivity contribution is 5.90. The number of halogens is 1. The van der Waals surface area contributed by atoms with Crippen molar-refractivity contribution in [3.05, 3.63) is 47.8 Å². The molecule has 0 aliphatic carbocycles. The summed E-state index contributed by atoms with van der Waals surface area (Å²) in [7, 11) is 1.85. The molecule has 1 aliphatic heterocycles. The van der Waals surface area contributed by atoms with Crippen molar-refractivity contribution >= 4 is 11.7 Å². The average Bonchev–Trinajstić information content (AvgIpc) is 3.03. The molecule has 2 heterocycles. The lowest BCUT2D eigenvalue weighted by atomic mass is 9.91. The Morgan fingerprint density at radius 3 is 2.72 bits per heavy atom.